The van der Waals surface area contributed by atoms with E-state index in [-0.39, 0.29) is 0 Å². The van der Waals surface area contributed by atoms with Gasteiger partial charge in [-0.2, -0.15) is 0 Å². The van der Waals surface area contributed by atoms with Gasteiger partial charge in [0.15, 0.2) is 5.82 Å². The third kappa shape index (κ3) is 5.93. The van der Waals surface area contributed by atoms with Crippen LogP contribution in [-0.4, -0.2) is 15.0 Å². The van der Waals surface area contributed by atoms with Crippen LogP contribution < -0.4 is 0 Å². The number of nitrogens with zero attached hydrogens (tertiary/aromatic N) is 3. The molecule has 1 aliphatic rings. The lowest BCUT2D eigenvalue weighted by Gasteiger charge is -2.34. The largest absolute Gasteiger partial charge is 0.264 e. The maximum Gasteiger partial charge on any atom is 0.160 e. The zero-order valence-electron chi connectivity index (χ0n) is 34.4. The van der Waals surface area contributed by atoms with Crippen molar-refractivity contribution < 1.29 is 0 Å². The van der Waals surface area contributed by atoms with Crippen LogP contribution >= 0.6 is 0 Å². The van der Waals surface area contributed by atoms with Gasteiger partial charge in [-0.3, -0.25) is 4.98 Å². The van der Waals surface area contributed by atoms with Crippen LogP contribution in [0.1, 0.15) is 22.3 Å². The summed E-state index contributed by atoms with van der Waals surface area (Å²) in [4.78, 5) is 14.8. The van der Waals surface area contributed by atoms with Crippen LogP contribution in [0.25, 0.3) is 88.8 Å². The molecule has 0 atom stereocenters. The zero-order valence-corrected chi connectivity index (χ0v) is 34.4. The summed E-state index contributed by atoms with van der Waals surface area (Å²) in [6, 6.07) is 81.1. The molecule has 3 heteroatoms. The molecule has 2 heterocycles. The molecule has 294 valence electrons. The van der Waals surface area contributed by atoms with Gasteiger partial charge < -0.3 is 0 Å². The molecular formula is C60H39N3. The van der Waals surface area contributed by atoms with Gasteiger partial charge in [0.25, 0.3) is 0 Å². The third-order valence-electron chi connectivity index (χ3n) is 12.9. The standard InChI is InChI=1S/C60H39N3/c1-4-17-43(18-5-1)59-62-55(42-31-29-40(30-32-42)44-19-15-37-61-39-44)38-56(63-59)51-35-34-50(48-25-12-13-26-49(48)51)52-27-14-28-53-58(52)57-47-24-11-10-16-41(47)33-36-54(57)60(53,45-20-6-2-7-21-45)46-22-8-3-9-23-46/h1-39H. The first-order valence-electron chi connectivity index (χ1n) is 21.5. The average molecular weight is 802 g/mol. The molecule has 12 rings (SSSR count). The Morgan fingerprint density at radius 3 is 1.63 bits per heavy atom. The molecule has 0 saturated carbocycles. The van der Waals surface area contributed by atoms with Gasteiger partial charge in [-0.1, -0.05) is 212 Å². The van der Waals surface area contributed by atoms with Crippen molar-refractivity contribution in [1.29, 1.82) is 0 Å². The van der Waals surface area contributed by atoms with Crippen molar-refractivity contribution in [2.75, 3.05) is 0 Å². The van der Waals surface area contributed by atoms with Crippen LogP contribution in [0.4, 0.5) is 0 Å². The van der Waals surface area contributed by atoms with Crippen LogP contribution in [0.3, 0.4) is 0 Å². The van der Waals surface area contributed by atoms with E-state index in [1.165, 1.54) is 60.7 Å². The molecule has 63 heavy (non-hydrogen) atoms. The Morgan fingerprint density at radius 1 is 0.333 bits per heavy atom. The predicted molar refractivity (Wildman–Crippen MR) is 259 cm³/mol. The number of fused-ring (bicyclic) bond motifs is 6. The quantitative estimate of drug-likeness (QED) is 0.161. The average Bonchev–Trinajstić information content (AvgIpc) is 3.69. The highest BCUT2D eigenvalue weighted by Crippen LogP contribution is 2.60. The Balaban J connectivity index is 1.09. The topological polar surface area (TPSA) is 38.7 Å². The first kappa shape index (κ1) is 36.6. The number of hydrogen-bond donors (Lipinski definition) is 0. The smallest absolute Gasteiger partial charge is 0.160 e. The molecule has 9 aromatic carbocycles. The number of pyridine rings is 1. The van der Waals surface area contributed by atoms with E-state index in [1.54, 1.807) is 6.20 Å². The molecule has 0 fully saturated rings. The summed E-state index contributed by atoms with van der Waals surface area (Å²) in [5.74, 6) is 0.690. The fourth-order valence-corrected chi connectivity index (χ4v) is 10.1. The first-order chi connectivity index (χ1) is 31.3. The molecule has 3 nitrogen and oxygen atoms in total. The molecule has 0 bridgehead atoms. The van der Waals surface area contributed by atoms with E-state index in [0.29, 0.717) is 5.82 Å². The summed E-state index contributed by atoms with van der Waals surface area (Å²) in [6.45, 7) is 0. The maximum atomic E-state index is 5.31. The van der Waals surface area contributed by atoms with E-state index in [1.807, 2.05) is 30.5 Å². The molecule has 0 saturated heterocycles. The lowest BCUT2D eigenvalue weighted by atomic mass is 9.67. The minimum Gasteiger partial charge on any atom is -0.264 e. The summed E-state index contributed by atoms with van der Waals surface area (Å²) in [5, 5.41) is 4.80. The summed E-state index contributed by atoms with van der Waals surface area (Å²) in [7, 11) is 0. The zero-order chi connectivity index (χ0) is 41.7. The Hall–Kier alpha value is -8.27. The third-order valence-corrected chi connectivity index (χ3v) is 12.9. The van der Waals surface area contributed by atoms with Crippen LogP contribution in [0.5, 0.6) is 0 Å². The molecule has 0 N–H and O–H groups in total. The lowest BCUT2D eigenvalue weighted by molar-refractivity contribution is 0.769. The molecule has 0 unspecified atom stereocenters. The van der Waals surface area contributed by atoms with Gasteiger partial charge in [-0.25, -0.2) is 9.97 Å². The highest BCUT2D eigenvalue weighted by Gasteiger charge is 2.47. The van der Waals surface area contributed by atoms with Crippen LogP contribution in [-0.2, 0) is 5.41 Å². The Kier molecular flexibility index (Phi) is 8.72. The Bertz CT molecular complexity index is 3430. The molecule has 11 aromatic rings. The number of aromatic nitrogens is 3. The van der Waals surface area contributed by atoms with Crippen molar-refractivity contribution in [3.8, 4) is 67.3 Å². The van der Waals surface area contributed by atoms with E-state index < -0.39 is 5.41 Å². The summed E-state index contributed by atoms with van der Waals surface area (Å²) in [5.41, 5.74) is 16.5. The Morgan fingerprint density at radius 2 is 0.921 bits per heavy atom. The number of rotatable bonds is 7. The fourth-order valence-electron chi connectivity index (χ4n) is 10.1. The molecule has 0 aliphatic heterocycles. The molecular weight excluding hydrogens is 763 g/mol. The van der Waals surface area contributed by atoms with Crippen molar-refractivity contribution in [2.24, 2.45) is 0 Å². The predicted octanol–water partition coefficient (Wildman–Crippen LogP) is 14.9. The second kappa shape index (κ2) is 15.0. The van der Waals surface area contributed by atoms with Crippen molar-refractivity contribution in [3.05, 3.63) is 259 Å². The molecule has 0 radical (unpaired) electrons. The minimum atomic E-state index is -0.523. The van der Waals surface area contributed by atoms with Crippen LogP contribution in [0, 0.1) is 0 Å². The van der Waals surface area contributed by atoms with Gasteiger partial charge in [-0.05, 0) is 89.3 Å². The normalized spacial score (nSPS) is 12.6. The molecule has 0 spiro atoms. The van der Waals surface area contributed by atoms with Crippen LogP contribution in [0.2, 0.25) is 0 Å². The first-order valence-corrected chi connectivity index (χ1v) is 21.5. The van der Waals surface area contributed by atoms with E-state index in [4.69, 9.17) is 9.97 Å². The lowest BCUT2D eigenvalue weighted by Crippen LogP contribution is -2.28. The second-order valence-corrected chi connectivity index (χ2v) is 16.3. The number of hydrogen-bond acceptors (Lipinski definition) is 3. The van der Waals surface area contributed by atoms with E-state index >= 15 is 0 Å². The molecule has 2 aromatic heterocycles. The number of benzene rings is 9. The maximum absolute atomic E-state index is 5.31. The van der Waals surface area contributed by atoms with E-state index in [0.717, 1.165) is 44.6 Å². The van der Waals surface area contributed by atoms with Gasteiger partial charge in [0, 0.05) is 29.1 Å². The molecule has 0 amide bonds. The highest BCUT2D eigenvalue weighted by atomic mass is 14.9. The fraction of sp³-hybridized carbons (Fsp3) is 0.0167. The van der Waals surface area contributed by atoms with Gasteiger partial charge in [0.05, 0.1) is 16.8 Å². The summed E-state index contributed by atoms with van der Waals surface area (Å²) in [6.07, 6.45) is 3.70. The van der Waals surface area contributed by atoms with E-state index in [9.17, 15) is 0 Å². The highest BCUT2D eigenvalue weighted by molar-refractivity contribution is 6.12. The van der Waals surface area contributed by atoms with Crippen molar-refractivity contribution >= 4 is 21.5 Å². The van der Waals surface area contributed by atoms with Gasteiger partial charge in [-0.15, -0.1) is 0 Å². The Labute approximate surface area is 366 Å². The van der Waals surface area contributed by atoms with Crippen molar-refractivity contribution in [3.63, 3.8) is 0 Å². The minimum absolute atomic E-state index is 0.523. The van der Waals surface area contributed by atoms with Gasteiger partial charge in [0.2, 0.25) is 0 Å². The van der Waals surface area contributed by atoms with Crippen LogP contribution in [0.15, 0.2) is 237 Å². The monoisotopic (exact) mass is 801 g/mol. The SMILES string of the molecule is c1ccc(-c2nc(-c3ccc(-c4cccnc4)cc3)cc(-c3ccc(-c4cccc5c4-c4c(ccc6ccccc46)C5(c4ccccc4)c4ccccc4)c4ccccc34)n2)cc1. The van der Waals surface area contributed by atoms with Gasteiger partial charge >= 0.3 is 0 Å². The van der Waals surface area contributed by atoms with Crippen molar-refractivity contribution in [2.45, 2.75) is 5.41 Å². The van der Waals surface area contributed by atoms with Gasteiger partial charge in [0.1, 0.15) is 0 Å². The summed E-state index contributed by atoms with van der Waals surface area (Å²) >= 11 is 0. The van der Waals surface area contributed by atoms with E-state index in [2.05, 4.69) is 205 Å². The second-order valence-electron chi connectivity index (χ2n) is 16.3. The van der Waals surface area contributed by atoms with Crippen molar-refractivity contribution in [1.82, 2.24) is 15.0 Å². The molecule has 1 aliphatic carbocycles. The summed E-state index contributed by atoms with van der Waals surface area (Å²) < 4.78 is 0.